The molecule has 160 valence electrons. The van der Waals surface area contributed by atoms with Crippen LogP contribution in [0.5, 0.6) is 0 Å². The van der Waals surface area contributed by atoms with Crippen molar-refractivity contribution in [1.29, 1.82) is 0 Å². The molecule has 0 spiro atoms. The van der Waals surface area contributed by atoms with Crippen LogP contribution >= 0.6 is 15.9 Å². The van der Waals surface area contributed by atoms with Crippen LogP contribution in [0.3, 0.4) is 0 Å². The van der Waals surface area contributed by atoms with Gasteiger partial charge in [-0.25, -0.2) is 13.8 Å². The second kappa shape index (κ2) is 9.89. The lowest BCUT2D eigenvalue weighted by Crippen LogP contribution is -2.39. The Morgan fingerprint density at radius 2 is 1.58 bits per heavy atom. The number of benzene rings is 3. The molecule has 0 saturated carbocycles. The smallest absolute Gasteiger partial charge is 0.264 e. The molecule has 0 unspecified atom stereocenters. The molecule has 6 nitrogen and oxygen atoms in total. The van der Waals surface area contributed by atoms with E-state index in [-0.39, 0.29) is 4.90 Å². The molecule has 0 aliphatic rings. The van der Waals surface area contributed by atoms with Crippen molar-refractivity contribution in [3.63, 3.8) is 0 Å². The van der Waals surface area contributed by atoms with Gasteiger partial charge in [0.15, 0.2) is 0 Å². The first-order valence-electron chi connectivity index (χ1n) is 9.51. The maximum Gasteiger partial charge on any atom is 0.264 e. The molecule has 8 heteroatoms. The number of hydrazone groups is 1. The largest absolute Gasteiger partial charge is 0.271 e. The summed E-state index contributed by atoms with van der Waals surface area (Å²) in [4.78, 5) is 12.7. The first-order valence-corrected chi connectivity index (χ1v) is 11.7. The van der Waals surface area contributed by atoms with E-state index in [1.165, 1.54) is 12.1 Å². The number of halogens is 1. The van der Waals surface area contributed by atoms with E-state index in [4.69, 9.17) is 0 Å². The number of hydrogen-bond acceptors (Lipinski definition) is 4. The van der Waals surface area contributed by atoms with Gasteiger partial charge < -0.3 is 0 Å². The SMILES string of the molecule is C/C(=N/NC(=O)CN(c1ccc(Br)cc1)S(=O)(=O)c1ccccc1)c1ccc(C)cc1. The molecular formula is C23H22BrN3O3S. The van der Waals surface area contributed by atoms with Gasteiger partial charge in [-0.2, -0.15) is 5.10 Å². The van der Waals surface area contributed by atoms with E-state index in [1.807, 2.05) is 31.2 Å². The van der Waals surface area contributed by atoms with Crippen molar-refractivity contribution in [2.75, 3.05) is 10.8 Å². The number of rotatable bonds is 7. The number of sulfonamides is 1. The highest BCUT2D eigenvalue weighted by Crippen LogP contribution is 2.25. The van der Waals surface area contributed by atoms with E-state index in [0.717, 1.165) is 19.9 Å². The van der Waals surface area contributed by atoms with E-state index in [1.54, 1.807) is 49.4 Å². The van der Waals surface area contributed by atoms with Gasteiger partial charge in [-0.1, -0.05) is 64.0 Å². The van der Waals surface area contributed by atoms with Crippen molar-refractivity contribution in [2.45, 2.75) is 18.7 Å². The molecule has 0 fully saturated rings. The summed E-state index contributed by atoms with van der Waals surface area (Å²) in [5.74, 6) is -0.547. The lowest BCUT2D eigenvalue weighted by Gasteiger charge is -2.23. The number of anilines is 1. The Kier molecular flexibility index (Phi) is 7.25. The van der Waals surface area contributed by atoms with E-state index in [0.29, 0.717) is 11.4 Å². The van der Waals surface area contributed by atoms with Crippen LogP contribution in [0.15, 0.2) is 93.3 Å². The number of hydrogen-bond donors (Lipinski definition) is 1. The van der Waals surface area contributed by atoms with Gasteiger partial charge in [0.1, 0.15) is 6.54 Å². The van der Waals surface area contributed by atoms with Gasteiger partial charge in [0.25, 0.3) is 15.9 Å². The van der Waals surface area contributed by atoms with E-state index in [9.17, 15) is 13.2 Å². The normalized spacial score (nSPS) is 11.8. The zero-order valence-electron chi connectivity index (χ0n) is 17.1. The predicted molar refractivity (Wildman–Crippen MR) is 127 cm³/mol. The molecule has 0 atom stereocenters. The zero-order valence-corrected chi connectivity index (χ0v) is 19.5. The minimum Gasteiger partial charge on any atom is -0.271 e. The number of amides is 1. The van der Waals surface area contributed by atoms with E-state index in [2.05, 4.69) is 26.5 Å². The van der Waals surface area contributed by atoms with Gasteiger partial charge in [0, 0.05) is 4.47 Å². The highest BCUT2D eigenvalue weighted by Gasteiger charge is 2.27. The predicted octanol–water partition coefficient (Wildman–Crippen LogP) is 4.49. The average molecular weight is 500 g/mol. The number of nitrogens with zero attached hydrogens (tertiary/aromatic N) is 2. The topological polar surface area (TPSA) is 78.8 Å². The van der Waals surface area contributed by atoms with Crippen LogP contribution in [0.2, 0.25) is 0 Å². The molecule has 0 heterocycles. The van der Waals surface area contributed by atoms with Crippen molar-refractivity contribution < 1.29 is 13.2 Å². The van der Waals surface area contributed by atoms with Crippen molar-refractivity contribution in [1.82, 2.24) is 5.43 Å². The Balaban J connectivity index is 1.84. The molecule has 3 aromatic carbocycles. The molecule has 3 aromatic rings. The van der Waals surface area contributed by atoms with Gasteiger partial charge in [-0.3, -0.25) is 9.10 Å². The Bertz CT molecular complexity index is 1180. The van der Waals surface area contributed by atoms with E-state index >= 15 is 0 Å². The summed E-state index contributed by atoms with van der Waals surface area (Å²) in [7, 11) is -3.95. The summed E-state index contributed by atoms with van der Waals surface area (Å²) < 4.78 is 28.4. The van der Waals surface area contributed by atoms with Crippen LogP contribution in [0.25, 0.3) is 0 Å². The van der Waals surface area contributed by atoms with Gasteiger partial charge in [-0.05, 0) is 55.8 Å². The second-order valence-electron chi connectivity index (χ2n) is 6.90. The molecule has 31 heavy (non-hydrogen) atoms. The third kappa shape index (κ3) is 5.80. The maximum absolute atomic E-state index is 13.2. The third-order valence-corrected chi connectivity index (χ3v) is 6.87. The van der Waals surface area contributed by atoms with Crippen LogP contribution in [0.1, 0.15) is 18.1 Å². The summed E-state index contributed by atoms with van der Waals surface area (Å²) in [6, 6.07) is 22.5. The van der Waals surface area contributed by atoms with Crippen molar-refractivity contribution >= 4 is 43.3 Å². The van der Waals surface area contributed by atoms with Crippen LogP contribution < -0.4 is 9.73 Å². The Hall–Kier alpha value is -2.97. The number of carbonyl (C=O) groups is 1. The lowest BCUT2D eigenvalue weighted by atomic mass is 10.1. The van der Waals surface area contributed by atoms with Gasteiger partial charge in [0.2, 0.25) is 0 Å². The monoisotopic (exact) mass is 499 g/mol. The molecule has 0 saturated heterocycles. The van der Waals surface area contributed by atoms with Crippen LogP contribution in [-0.2, 0) is 14.8 Å². The Morgan fingerprint density at radius 3 is 2.19 bits per heavy atom. The van der Waals surface area contributed by atoms with Crippen LogP contribution in [0.4, 0.5) is 5.69 Å². The molecular weight excluding hydrogens is 478 g/mol. The maximum atomic E-state index is 13.2. The fourth-order valence-electron chi connectivity index (χ4n) is 2.81. The molecule has 1 N–H and O–H groups in total. The van der Waals surface area contributed by atoms with Crippen molar-refractivity contribution in [3.05, 3.63) is 94.5 Å². The quantitative estimate of drug-likeness (QED) is 0.384. The summed E-state index contributed by atoms with van der Waals surface area (Å²) >= 11 is 3.34. The molecule has 0 radical (unpaired) electrons. The minimum atomic E-state index is -3.95. The highest BCUT2D eigenvalue weighted by atomic mass is 79.9. The molecule has 0 bridgehead atoms. The van der Waals surface area contributed by atoms with Gasteiger partial charge in [-0.15, -0.1) is 0 Å². The van der Waals surface area contributed by atoms with Crippen molar-refractivity contribution in [2.24, 2.45) is 5.10 Å². The van der Waals surface area contributed by atoms with Gasteiger partial charge >= 0.3 is 0 Å². The fourth-order valence-corrected chi connectivity index (χ4v) is 4.52. The van der Waals surface area contributed by atoms with Crippen molar-refractivity contribution in [3.8, 4) is 0 Å². The first-order chi connectivity index (χ1) is 14.8. The first kappa shape index (κ1) is 22.7. The summed E-state index contributed by atoms with van der Waals surface area (Å²) in [5, 5.41) is 4.13. The summed E-state index contributed by atoms with van der Waals surface area (Å²) in [6.07, 6.45) is 0. The molecule has 0 aromatic heterocycles. The minimum absolute atomic E-state index is 0.102. The summed E-state index contributed by atoms with van der Waals surface area (Å²) in [6.45, 7) is 3.35. The average Bonchev–Trinajstić information content (AvgIpc) is 2.77. The fraction of sp³-hybridized carbons (Fsp3) is 0.130. The Labute approximate surface area is 190 Å². The number of nitrogens with one attached hydrogen (secondary N) is 1. The standard InChI is InChI=1S/C23H22BrN3O3S/c1-17-8-10-19(11-9-17)18(2)25-26-23(28)16-27(21-14-12-20(24)13-15-21)31(29,30)22-6-4-3-5-7-22/h3-15H,16H2,1-2H3,(H,26,28)/b25-18-. The molecule has 0 aliphatic carbocycles. The number of carbonyl (C=O) groups excluding carboxylic acids is 1. The zero-order chi connectivity index (χ0) is 22.4. The van der Waals surface area contributed by atoms with E-state index < -0.39 is 22.5 Å². The van der Waals surface area contributed by atoms with Crippen LogP contribution in [0, 0.1) is 6.92 Å². The van der Waals surface area contributed by atoms with Crippen LogP contribution in [-0.4, -0.2) is 26.6 Å². The third-order valence-electron chi connectivity index (χ3n) is 4.55. The second-order valence-corrected chi connectivity index (χ2v) is 9.68. The Morgan fingerprint density at radius 1 is 0.968 bits per heavy atom. The summed E-state index contributed by atoms with van der Waals surface area (Å²) in [5.41, 5.74) is 5.45. The molecule has 3 rings (SSSR count). The van der Waals surface area contributed by atoms with Gasteiger partial charge in [0.05, 0.1) is 16.3 Å². The highest BCUT2D eigenvalue weighted by molar-refractivity contribution is 9.10. The number of aryl methyl sites for hydroxylation is 1. The lowest BCUT2D eigenvalue weighted by molar-refractivity contribution is -0.119. The molecule has 1 amide bonds. The molecule has 0 aliphatic heterocycles.